The average molecular weight is 277 g/mol. The van der Waals surface area contributed by atoms with Gasteiger partial charge in [-0.3, -0.25) is 0 Å². The quantitative estimate of drug-likeness (QED) is 0.793. The fraction of sp³-hybridized carbons (Fsp3) is 0.167. The van der Waals surface area contributed by atoms with E-state index in [1.54, 1.807) is 12.1 Å². The van der Waals surface area contributed by atoms with Crippen LogP contribution in [0.25, 0.3) is 10.9 Å². The van der Waals surface area contributed by atoms with Gasteiger partial charge in [-0.2, -0.15) is 0 Å². The summed E-state index contributed by atoms with van der Waals surface area (Å²) in [7, 11) is 0. The number of carbonyl (C=O) groups is 1. The third kappa shape index (κ3) is 1.93. The van der Waals surface area contributed by atoms with Gasteiger partial charge in [0.15, 0.2) is 0 Å². The van der Waals surface area contributed by atoms with Crippen molar-refractivity contribution < 1.29 is 9.90 Å². The molecule has 104 valence electrons. The number of rotatable bonds is 3. The molecular weight excluding hydrogens is 262 g/mol. The van der Waals surface area contributed by atoms with E-state index >= 15 is 0 Å². The Morgan fingerprint density at radius 3 is 2.86 bits per heavy atom. The summed E-state index contributed by atoms with van der Waals surface area (Å²) in [5.74, 6) is -0.344. The summed E-state index contributed by atoms with van der Waals surface area (Å²) in [6, 6.07) is 15.9. The molecule has 1 unspecified atom stereocenters. The van der Waals surface area contributed by atoms with E-state index in [1.165, 1.54) is 11.1 Å². The van der Waals surface area contributed by atoms with Gasteiger partial charge in [-0.05, 0) is 41.1 Å². The van der Waals surface area contributed by atoms with Crippen LogP contribution in [0.4, 0.5) is 0 Å². The Morgan fingerprint density at radius 1 is 1.19 bits per heavy atom. The minimum atomic E-state index is -0.876. The first-order valence-corrected chi connectivity index (χ1v) is 7.12. The number of hydrogen-bond acceptors (Lipinski definition) is 1. The molecule has 4 rings (SSSR count). The lowest BCUT2D eigenvalue weighted by Crippen LogP contribution is -2.21. The molecule has 3 aromatic rings. The van der Waals surface area contributed by atoms with Crippen LogP contribution in [0.5, 0.6) is 0 Å². The Morgan fingerprint density at radius 2 is 2.05 bits per heavy atom. The third-order valence-electron chi connectivity index (χ3n) is 4.40. The largest absolute Gasteiger partial charge is 0.478 e. The smallest absolute Gasteiger partial charge is 0.335 e. The molecule has 0 spiro atoms. The van der Waals surface area contributed by atoms with Crippen molar-refractivity contribution in [2.24, 2.45) is 0 Å². The van der Waals surface area contributed by atoms with Gasteiger partial charge in [-0.15, -0.1) is 0 Å². The monoisotopic (exact) mass is 277 g/mol. The van der Waals surface area contributed by atoms with Gasteiger partial charge in [0.25, 0.3) is 0 Å². The number of fused-ring (bicyclic) bond motifs is 2. The van der Waals surface area contributed by atoms with Gasteiger partial charge in [0.05, 0.1) is 5.56 Å². The topological polar surface area (TPSA) is 42.2 Å². The average Bonchev–Trinajstić information content (AvgIpc) is 2.87. The van der Waals surface area contributed by atoms with E-state index in [9.17, 15) is 4.79 Å². The first-order valence-electron chi connectivity index (χ1n) is 7.12. The standard InChI is InChI=1S/C18H15NO2/c20-18(21)14-6-5-12-7-8-19(17(12)10-14)11-15-9-13-3-1-2-4-16(13)15/h1-8,10,15H,9,11H2,(H,20,21). The molecule has 0 fully saturated rings. The highest BCUT2D eigenvalue weighted by atomic mass is 16.4. The highest BCUT2D eigenvalue weighted by molar-refractivity contribution is 5.93. The number of aromatic nitrogens is 1. The molecule has 1 aromatic heterocycles. The van der Waals surface area contributed by atoms with Crippen molar-refractivity contribution in [1.82, 2.24) is 4.57 Å². The van der Waals surface area contributed by atoms with Gasteiger partial charge < -0.3 is 9.67 Å². The number of carboxylic acid groups (broad SMARTS) is 1. The minimum absolute atomic E-state index is 0.344. The van der Waals surface area contributed by atoms with Gasteiger partial charge in [-0.25, -0.2) is 4.79 Å². The summed E-state index contributed by atoms with van der Waals surface area (Å²) in [6.45, 7) is 0.906. The first kappa shape index (κ1) is 12.2. The fourth-order valence-corrected chi connectivity index (χ4v) is 3.24. The zero-order chi connectivity index (χ0) is 14.4. The Labute approximate surface area is 122 Å². The number of hydrogen-bond donors (Lipinski definition) is 1. The van der Waals surface area contributed by atoms with Crippen LogP contribution in [0.3, 0.4) is 0 Å². The minimum Gasteiger partial charge on any atom is -0.478 e. The van der Waals surface area contributed by atoms with Crippen molar-refractivity contribution in [3.05, 3.63) is 71.4 Å². The fourth-order valence-electron chi connectivity index (χ4n) is 3.24. The summed E-state index contributed by atoms with van der Waals surface area (Å²) < 4.78 is 2.17. The van der Waals surface area contributed by atoms with Crippen LogP contribution in [-0.4, -0.2) is 15.6 Å². The number of aromatic carboxylic acids is 1. The lowest BCUT2D eigenvalue weighted by Gasteiger charge is -2.30. The van der Waals surface area contributed by atoms with Gasteiger partial charge in [0.2, 0.25) is 0 Å². The molecule has 2 aromatic carbocycles. The molecule has 1 aliphatic rings. The van der Waals surface area contributed by atoms with Crippen molar-refractivity contribution in [2.45, 2.75) is 18.9 Å². The maximum absolute atomic E-state index is 11.1. The number of carboxylic acids is 1. The highest BCUT2D eigenvalue weighted by Crippen LogP contribution is 2.36. The van der Waals surface area contributed by atoms with Gasteiger partial charge >= 0.3 is 5.97 Å². The van der Waals surface area contributed by atoms with Crippen molar-refractivity contribution in [2.75, 3.05) is 0 Å². The van der Waals surface area contributed by atoms with E-state index in [1.807, 2.05) is 12.1 Å². The summed E-state index contributed by atoms with van der Waals surface area (Å²) in [6.07, 6.45) is 3.16. The van der Waals surface area contributed by atoms with E-state index in [-0.39, 0.29) is 0 Å². The Bertz CT molecular complexity index is 847. The molecule has 3 nitrogen and oxygen atoms in total. The van der Waals surface area contributed by atoms with Crippen LogP contribution in [0.15, 0.2) is 54.7 Å². The lowest BCUT2D eigenvalue weighted by atomic mass is 9.77. The molecule has 1 N–H and O–H groups in total. The number of benzene rings is 2. The van der Waals surface area contributed by atoms with Crippen LogP contribution >= 0.6 is 0 Å². The van der Waals surface area contributed by atoms with E-state index < -0.39 is 5.97 Å². The predicted molar refractivity (Wildman–Crippen MR) is 81.8 cm³/mol. The molecule has 1 atom stereocenters. The van der Waals surface area contributed by atoms with Gasteiger partial charge in [0.1, 0.15) is 0 Å². The van der Waals surface area contributed by atoms with Crippen molar-refractivity contribution in [3.8, 4) is 0 Å². The van der Waals surface area contributed by atoms with E-state index in [0.717, 1.165) is 23.9 Å². The molecule has 21 heavy (non-hydrogen) atoms. The highest BCUT2D eigenvalue weighted by Gasteiger charge is 2.25. The van der Waals surface area contributed by atoms with Crippen molar-refractivity contribution >= 4 is 16.9 Å². The van der Waals surface area contributed by atoms with Gasteiger partial charge in [-0.1, -0.05) is 30.3 Å². The molecule has 1 heterocycles. The second-order valence-corrected chi connectivity index (χ2v) is 5.65. The Kier molecular flexibility index (Phi) is 2.61. The maximum Gasteiger partial charge on any atom is 0.335 e. The lowest BCUT2D eigenvalue weighted by molar-refractivity contribution is 0.0697. The van der Waals surface area contributed by atoms with E-state index in [0.29, 0.717) is 11.5 Å². The second kappa shape index (κ2) is 4.48. The molecule has 0 amide bonds. The van der Waals surface area contributed by atoms with Crippen molar-refractivity contribution in [1.29, 1.82) is 0 Å². The molecule has 1 aliphatic carbocycles. The van der Waals surface area contributed by atoms with Crippen LogP contribution < -0.4 is 0 Å². The van der Waals surface area contributed by atoms with Crippen LogP contribution in [-0.2, 0) is 13.0 Å². The van der Waals surface area contributed by atoms with Crippen LogP contribution in [0.2, 0.25) is 0 Å². The van der Waals surface area contributed by atoms with E-state index in [2.05, 4.69) is 35.0 Å². The third-order valence-corrected chi connectivity index (χ3v) is 4.40. The molecule has 0 saturated heterocycles. The Balaban J connectivity index is 1.68. The maximum atomic E-state index is 11.1. The molecule has 0 aliphatic heterocycles. The van der Waals surface area contributed by atoms with Gasteiger partial charge in [0, 0.05) is 24.2 Å². The molecule has 0 saturated carbocycles. The SMILES string of the molecule is O=C(O)c1ccc2ccn(CC3Cc4ccccc43)c2c1. The summed E-state index contributed by atoms with van der Waals surface area (Å²) in [4.78, 5) is 11.1. The summed E-state index contributed by atoms with van der Waals surface area (Å²) in [5.41, 5.74) is 4.20. The first-order chi connectivity index (χ1) is 10.2. The molecule has 0 radical (unpaired) electrons. The summed E-state index contributed by atoms with van der Waals surface area (Å²) in [5, 5.41) is 10.2. The molecule has 0 bridgehead atoms. The predicted octanol–water partition coefficient (Wildman–Crippen LogP) is 3.68. The van der Waals surface area contributed by atoms with Crippen LogP contribution in [0, 0.1) is 0 Å². The zero-order valence-electron chi connectivity index (χ0n) is 11.5. The second-order valence-electron chi connectivity index (χ2n) is 5.65. The van der Waals surface area contributed by atoms with E-state index in [4.69, 9.17) is 5.11 Å². The molecule has 3 heteroatoms. The summed E-state index contributed by atoms with van der Waals surface area (Å²) >= 11 is 0. The van der Waals surface area contributed by atoms with Crippen LogP contribution in [0.1, 0.15) is 27.4 Å². The normalized spacial score (nSPS) is 16.5. The Hall–Kier alpha value is -2.55. The molecular formula is C18H15NO2. The zero-order valence-corrected chi connectivity index (χ0v) is 11.5. The van der Waals surface area contributed by atoms with Crippen molar-refractivity contribution in [3.63, 3.8) is 0 Å². The number of nitrogens with zero attached hydrogens (tertiary/aromatic N) is 1.